The number of carbonyl (C=O) groups is 5. The van der Waals surface area contributed by atoms with Crippen LogP contribution in [0.25, 0.3) is 33.8 Å². The Morgan fingerprint density at radius 1 is 0.586 bits per heavy atom. The zero-order valence-corrected chi connectivity index (χ0v) is 48.6. The van der Waals surface area contributed by atoms with Crippen molar-refractivity contribution in [1.29, 1.82) is 15.8 Å². The minimum absolute atomic E-state index is 0. The van der Waals surface area contributed by atoms with Crippen molar-refractivity contribution in [2.75, 3.05) is 0 Å². The van der Waals surface area contributed by atoms with Crippen molar-refractivity contribution in [3.05, 3.63) is 176 Å². The van der Waals surface area contributed by atoms with Gasteiger partial charge in [0.15, 0.2) is 11.6 Å². The lowest BCUT2D eigenvalue weighted by Crippen LogP contribution is -2.36. The third-order valence-electron chi connectivity index (χ3n) is 11.2. The van der Waals surface area contributed by atoms with E-state index in [9.17, 15) is 29.1 Å². The maximum Gasteiger partial charge on any atom is 0.353 e. The number of aromatic nitrogens is 12. The fourth-order valence-corrected chi connectivity index (χ4v) is 7.73. The molecule has 0 fully saturated rings. The molecule has 9 rings (SSSR count). The molecule has 2 amide bonds. The number of aromatic amines is 3. The van der Waals surface area contributed by atoms with Crippen molar-refractivity contribution in [1.82, 2.24) is 70.6 Å². The smallest absolute Gasteiger partial charge is 0.353 e. The lowest BCUT2D eigenvalue weighted by molar-refractivity contribution is 0.0689. The van der Waals surface area contributed by atoms with Gasteiger partial charge in [0.05, 0.1) is 88.4 Å². The van der Waals surface area contributed by atoms with E-state index in [-0.39, 0.29) is 65.9 Å². The summed E-state index contributed by atoms with van der Waals surface area (Å²) in [5.41, 5.74) is 10.8. The predicted molar refractivity (Wildman–Crippen MR) is 326 cm³/mol. The van der Waals surface area contributed by atoms with Crippen molar-refractivity contribution in [3.8, 4) is 52.0 Å². The maximum absolute atomic E-state index is 12.4. The highest BCUT2D eigenvalue weighted by Gasteiger charge is 2.18. The third kappa shape index (κ3) is 19.8. The first kappa shape index (κ1) is 60.1. The summed E-state index contributed by atoms with van der Waals surface area (Å²) < 4.78 is 52.7. The number of aromatic carboxylic acids is 1. The third-order valence-corrected chi connectivity index (χ3v) is 12.2. The number of H-pyrrole nitrogens is 3. The Morgan fingerprint density at radius 3 is 1.28 bits per heavy atom. The normalized spacial score (nSPS) is 13.1. The number of nitrogens with two attached hydrogens (primary N) is 1. The van der Waals surface area contributed by atoms with E-state index < -0.39 is 61.5 Å². The van der Waals surface area contributed by atoms with Crippen molar-refractivity contribution < 1.29 is 42.4 Å². The van der Waals surface area contributed by atoms with Gasteiger partial charge in [-0.1, -0.05) is 60.4 Å². The number of nitriles is 3. The summed E-state index contributed by atoms with van der Waals surface area (Å²) in [5, 5.41) is 81.7. The van der Waals surface area contributed by atoms with E-state index in [1.165, 1.54) is 76.1 Å². The first-order chi connectivity index (χ1) is 42.7. The summed E-state index contributed by atoms with van der Waals surface area (Å²) in [6.45, 7) is 2.90. The Labute approximate surface area is 525 Å². The number of aliphatic hydroxyl groups excluding tert-OH is 1. The number of halogens is 3. The Bertz CT molecular complexity index is 4270. The highest BCUT2D eigenvalue weighted by molar-refractivity contribution is 6.32. The van der Waals surface area contributed by atoms with E-state index in [1.807, 2.05) is 18.2 Å². The molecule has 25 nitrogen and oxygen atoms in total. The summed E-state index contributed by atoms with van der Waals surface area (Å²) in [6, 6.07) is 26.8. The molecule has 0 bridgehead atoms. The molecule has 6 heterocycles. The molecular formula is C58H59BCl3N18O7. The van der Waals surface area contributed by atoms with Gasteiger partial charge in [0.2, 0.25) is 0 Å². The average molecular weight is 1240 g/mol. The molecule has 29 heteroatoms. The number of carboxylic acids is 1. The van der Waals surface area contributed by atoms with Crippen LogP contribution in [-0.4, -0.2) is 126 Å². The van der Waals surface area contributed by atoms with Crippen LogP contribution in [0.1, 0.15) is 138 Å². The van der Waals surface area contributed by atoms with E-state index in [0.29, 0.717) is 61.2 Å². The Hall–Kier alpha value is -10.0. The van der Waals surface area contributed by atoms with Crippen LogP contribution in [0.15, 0.2) is 110 Å². The van der Waals surface area contributed by atoms with E-state index in [4.69, 9.17) is 69.7 Å². The number of benzene rings is 3. The number of hydrogen-bond acceptors (Lipinski definition) is 16. The second-order valence-electron chi connectivity index (χ2n) is 18.1. The molecule has 6 aromatic heterocycles. The Morgan fingerprint density at radius 2 is 0.954 bits per heavy atom. The number of Topliss-reactive ketones (excluding diaryl/α,β-unsaturated/α-hetero) is 2. The predicted octanol–water partition coefficient (Wildman–Crippen LogP) is 8.48. The van der Waals surface area contributed by atoms with Crippen LogP contribution in [0.3, 0.4) is 0 Å². The van der Waals surface area contributed by atoms with Crippen LogP contribution < -0.4 is 16.4 Å². The molecule has 0 aliphatic carbocycles. The van der Waals surface area contributed by atoms with E-state index >= 15 is 0 Å². The summed E-state index contributed by atoms with van der Waals surface area (Å²) in [7, 11) is 0. The SMILES string of the molecule is C.CC(=O)c1cc(C(=O)O)[nH]n1.[2H]C([2H])([C@H](C)N)n1ccc(-c2ccc(C#N)c(Cl)c2)n1.[2H]C([2H])([C@H](C)NC(=O)c1cc(C(C)=O)n[nH]1)n1ccc(-c2ccc(C#N)c(Cl)c2)n1.[2H]C([2H])([C@H](C)NC(=O)c1cc(C(C)O)[nH]n1)n1ccc(-c2ccc(C#N)c(Cl)c2)n1.[B]. The fraction of sp³-hybridized carbons (Fsp3) is 0.241. The molecule has 0 saturated heterocycles. The molecular weight excluding hydrogens is 1180 g/mol. The molecule has 9 aromatic rings. The number of carboxylic acid groups (broad SMARTS) is 1. The minimum atomic E-state index is -2.06. The highest BCUT2D eigenvalue weighted by Crippen LogP contribution is 2.27. The number of nitrogens with one attached hydrogen (secondary N) is 5. The minimum Gasteiger partial charge on any atom is -0.477 e. The second-order valence-corrected chi connectivity index (χ2v) is 19.3. The molecule has 0 saturated carbocycles. The number of rotatable bonds is 17. The number of nitrogens with zero attached hydrogens (tertiary/aromatic N) is 12. The summed E-state index contributed by atoms with van der Waals surface area (Å²) in [5.74, 6) is -2.85. The van der Waals surface area contributed by atoms with Crippen LogP contribution in [0.4, 0.5) is 0 Å². The molecule has 87 heavy (non-hydrogen) atoms. The highest BCUT2D eigenvalue weighted by atomic mass is 35.5. The van der Waals surface area contributed by atoms with Crippen molar-refractivity contribution in [3.63, 3.8) is 0 Å². The molecule has 447 valence electrons. The van der Waals surface area contributed by atoms with Gasteiger partial charge in [0, 0.05) is 81.7 Å². The van der Waals surface area contributed by atoms with Crippen molar-refractivity contribution in [2.24, 2.45) is 5.73 Å². The van der Waals surface area contributed by atoms with Gasteiger partial charge in [-0.3, -0.25) is 48.5 Å². The zero-order chi connectivity index (χ0) is 67.4. The molecule has 0 aliphatic rings. The second kappa shape index (κ2) is 32.3. The van der Waals surface area contributed by atoms with Gasteiger partial charge < -0.3 is 26.6 Å². The van der Waals surface area contributed by atoms with E-state index in [2.05, 4.69) is 56.5 Å². The van der Waals surface area contributed by atoms with Gasteiger partial charge in [-0.05, 0) is 94.4 Å². The summed E-state index contributed by atoms with van der Waals surface area (Å²) in [6.07, 6.45) is 3.64. The number of carbonyl (C=O) groups excluding carboxylic acids is 4. The van der Waals surface area contributed by atoms with Crippen LogP contribution >= 0.6 is 34.8 Å². The molecule has 4 atom stereocenters. The van der Waals surface area contributed by atoms with E-state index in [0.717, 1.165) is 9.36 Å². The fourth-order valence-electron chi connectivity index (χ4n) is 7.06. The molecule has 3 aromatic carbocycles. The lowest BCUT2D eigenvalue weighted by Gasteiger charge is -2.13. The summed E-state index contributed by atoms with van der Waals surface area (Å²) >= 11 is 18.1. The quantitative estimate of drug-likeness (QED) is 0.0313. The topological polar surface area (TPSA) is 387 Å². The number of ketones is 2. The summed E-state index contributed by atoms with van der Waals surface area (Å²) in [4.78, 5) is 56.9. The molecule has 1 unspecified atom stereocenters. The number of hydrogen-bond donors (Lipinski definition) is 8. The largest absolute Gasteiger partial charge is 0.477 e. The van der Waals surface area contributed by atoms with Gasteiger partial charge in [0.25, 0.3) is 11.8 Å². The molecule has 0 aliphatic heterocycles. The zero-order valence-electron chi connectivity index (χ0n) is 52.3. The molecule has 0 spiro atoms. The first-order valence-electron chi connectivity index (χ1n) is 28.0. The van der Waals surface area contributed by atoms with Crippen LogP contribution in [0.5, 0.6) is 0 Å². The van der Waals surface area contributed by atoms with Crippen LogP contribution in [0, 0.1) is 34.0 Å². The van der Waals surface area contributed by atoms with Crippen molar-refractivity contribution in [2.45, 2.75) is 92.7 Å². The maximum atomic E-state index is 12.4. The molecule has 9 N–H and O–H groups in total. The monoisotopic (exact) mass is 1240 g/mol. The number of aliphatic hydroxyl groups is 1. The number of amides is 2. The van der Waals surface area contributed by atoms with Gasteiger partial charge in [0.1, 0.15) is 46.7 Å². The van der Waals surface area contributed by atoms with E-state index in [1.54, 1.807) is 79.7 Å². The standard InChI is InChI=1S/C19H19ClN6O2.C19H17ClN6O2.C13H13ClN4.C6H6N2O3.CH4.B/c2*1-11(22-19(28)18-8-17(12(2)27)23-24-18)10-26-6-5-16(25-26)13-3-4-14(9-21)15(20)7-13;1-9(16)8-18-5-4-13(17-18)10-2-3-11(7-15)12(14)6-10;1-3(9)4-2-5(6(10)11)8-7-4;;/h3-8,11-12,27H,10H2,1-2H3,(H,22,28)(H,23,24);3-8,11H,10H2,1-2H3,(H,22,28)(H,23,24);2-6,9H,8,16H2,1H3;2H,1H3,(H,7,8)(H,10,11);1H4;/t11-,12?;11-;9-;;;/m000.../s1/i2*10D2;8D2;;;. The van der Waals surface area contributed by atoms with Gasteiger partial charge in [-0.2, -0.15) is 46.4 Å². The molecule has 3 radical (unpaired) electrons. The van der Waals surface area contributed by atoms with Gasteiger partial charge >= 0.3 is 5.97 Å². The average Bonchev–Trinajstić information content (AvgIpc) is 1.72. The lowest BCUT2D eigenvalue weighted by atomic mass is 10.1. The van der Waals surface area contributed by atoms with Gasteiger partial charge in [-0.25, -0.2) is 4.79 Å². The Balaban J connectivity index is 0.000000276. The van der Waals surface area contributed by atoms with Crippen molar-refractivity contribution >= 4 is 72.6 Å². The van der Waals surface area contributed by atoms with Crippen LogP contribution in [0.2, 0.25) is 15.1 Å². The first-order valence-corrected chi connectivity index (χ1v) is 26.1. The van der Waals surface area contributed by atoms with Gasteiger partial charge in [-0.15, -0.1) is 0 Å². The van der Waals surface area contributed by atoms with Crippen LogP contribution in [-0.2, 0) is 19.5 Å². The Kier molecular flexibility index (Phi) is 22.3.